The Morgan fingerprint density at radius 2 is 1.84 bits per heavy atom. The molecule has 0 radical (unpaired) electrons. The molecule has 0 fully saturated rings. The molecule has 0 bridgehead atoms. The fourth-order valence-electron chi connectivity index (χ4n) is 1.90. The predicted octanol–water partition coefficient (Wildman–Crippen LogP) is 2.52. The van der Waals surface area contributed by atoms with E-state index in [9.17, 15) is 13.2 Å². The summed E-state index contributed by atoms with van der Waals surface area (Å²) in [4.78, 5) is 2.11. The van der Waals surface area contributed by atoms with Crippen LogP contribution in [0.5, 0.6) is 0 Å². The molecule has 3 nitrogen and oxygen atoms in total. The van der Waals surface area contributed by atoms with Crippen LogP contribution in [0.2, 0.25) is 0 Å². The Kier molecular flexibility index (Phi) is 9.39. The Bertz CT molecular complexity index is 210. The van der Waals surface area contributed by atoms with E-state index in [4.69, 9.17) is 0 Å². The van der Waals surface area contributed by atoms with Gasteiger partial charge in [-0.2, -0.15) is 13.2 Å². The second-order valence-corrected chi connectivity index (χ2v) is 5.56. The molecule has 0 aromatic carbocycles. The van der Waals surface area contributed by atoms with Crippen molar-refractivity contribution >= 4 is 0 Å². The van der Waals surface area contributed by atoms with Crippen molar-refractivity contribution < 1.29 is 17.9 Å². The first-order valence-electron chi connectivity index (χ1n) is 6.73. The Labute approximate surface area is 114 Å². The Morgan fingerprint density at radius 3 is 2.32 bits per heavy atom. The Balaban J connectivity index is 3.68. The van der Waals surface area contributed by atoms with Crippen LogP contribution in [-0.2, 0) is 4.74 Å². The number of likely N-dealkylation sites (N-methyl/N-ethyl adjacent to an activating group) is 1. The molecule has 0 aliphatic rings. The lowest BCUT2D eigenvalue weighted by Gasteiger charge is -2.24. The Hall–Kier alpha value is -0.330. The van der Waals surface area contributed by atoms with Gasteiger partial charge in [-0.3, -0.25) is 0 Å². The SMILES string of the molecule is CC(C)CC(CN(C)C)NCCCOCC(F)(F)F. The van der Waals surface area contributed by atoms with Crippen LogP contribution < -0.4 is 5.32 Å². The fourth-order valence-corrected chi connectivity index (χ4v) is 1.90. The van der Waals surface area contributed by atoms with Crippen molar-refractivity contribution in [3.63, 3.8) is 0 Å². The average Bonchev–Trinajstić information content (AvgIpc) is 2.19. The molecule has 0 aliphatic heterocycles. The van der Waals surface area contributed by atoms with Crippen molar-refractivity contribution in [3.05, 3.63) is 0 Å². The summed E-state index contributed by atoms with van der Waals surface area (Å²) >= 11 is 0. The van der Waals surface area contributed by atoms with Crippen LogP contribution in [0.15, 0.2) is 0 Å². The Morgan fingerprint density at radius 1 is 1.21 bits per heavy atom. The van der Waals surface area contributed by atoms with Gasteiger partial charge in [0.2, 0.25) is 0 Å². The van der Waals surface area contributed by atoms with Crippen LogP contribution >= 0.6 is 0 Å². The summed E-state index contributed by atoms with van der Waals surface area (Å²) in [5, 5.41) is 3.38. The number of alkyl halides is 3. The van der Waals surface area contributed by atoms with Crippen molar-refractivity contribution in [1.29, 1.82) is 0 Å². The number of nitrogens with zero attached hydrogens (tertiary/aromatic N) is 1. The maximum Gasteiger partial charge on any atom is 0.411 e. The first-order chi connectivity index (χ1) is 8.70. The van der Waals surface area contributed by atoms with Crippen LogP contribution in [0.1, 0.15) is 26.7 Å². The molecule has 116 valence electrons. The molecule has 0 aromatic rings. The topological polar surface area (TPSA) is 24.5 Å². The lowest BCUT2D eigenvalue weighted by atomic mass is 10.0. The highest BCUT2D eigenvalue weighted by molar-refractivity contribution is 4.71. The van der Waals surface area contributed by atoms with E-state index in [-0.39, 0.29) is 6.61 Å². The highest BCUT2D eigenvalue weighted by atomic mass is 19.4. The average molecular weight is 284 g/mol. The van der Waals surface area contributed by atoms with E-state index in [0.717, 1.165) is 13.0 Å². The van der Waals surface area contributed by atoms with Gasteiger partial charge in [-0.1, -0.05) is 13.8 Å². The third-order valence-electron chi connectivity index (χ3n) is 2.51. The van der Waals surface area contributed by atoms with Crippen LogP contribution in [0, 0.1) is 5.92 Å². The standard InChI is InChI=1S/C13H27F3N2O/c1-11(2)8-12(9-18(3)4)17-6-5-7-19-10-13(14,15)16/h11-12,17H,5-10H2,1-4H3. The predicted molar refractivity (Wildman–Crippen MR) is 71.3 cm³/mol. The van der Waals surface area contributed by atoms with Crippen LogP contribution in [0.4, 0.5) is 13.2 Å². The van der Waals surface area contributed by atoms with Gasteiger partial charge in [0.15, 0.2) is 0 Å². The summed E-state index contributed by atoms with van der Waals surface area (Å²) in [6.07, 6.45) is -2.57. The van der Waals surface area contributed by atoms with E-state index in [1.807, 2.05) is 14.1 Å². The number of nitrogens with one attached hydrogen (secondary N) is 1. The van der Waals surface area contributed by atoms with Crippen LogP contribution in [0.25, 0.3) is 0 Å². The number of halogens is 3. The van der Waals surface area contributed by atoms with Crippen molar-refractivity contribution in [1.82, 2.24) is 10.2 Å². The molecule has 0 saturated heterocycles. The molecule has 0 spiro atoms. The van der Waals surface area contributed by atoms with Crippen LogP contribution in [0.3, 0.4) is 0 Å². The zero-order valence-electron chi connectivity index (χ0n) is 12.4. The van der Waals surface area contributed by atoms with Gasteiger partial charge in [0.05, 0.1) is 0 Å². The van der Waals surface area contributed by atoms with Gasteiger partial charge < -0.3 is 15.0 Å². The molecule has 19 heavy (non-hydrogen) atoms. The number of ether oxygens (including phenoxy) is 1. The summed E-state index contributed by atoms with van der Waals surface area (Å²) in [7, 11) is 4.03. The molecule has 1 atom stereocenters. The molecule has 1 unspecified atom stereocenters. The number of hydrogen-bond acceptors (Lipinski definition) is 3. The molecular formula is C13H27F3N2O. The smallest absolute Gasteiger partial charge is 0.372 e. The molecule has 0 rings (SSSR count). The second kappa shape index (κ2) is 9.55. The quantitative estimate of drug-likeness (QED) is 0.624. The zero-order chi connectivity index (χ0) is 14.9. The normalized spacial score (nSPS) is 14.4. The molecule has 0 aliphatic carbocycles. The van der Waals surface area contributed by atoms with E-state index in [1.54, 1.807) is 0 Å². The first-order valence-corrected chi connectivity index (χ1v) is 6.73. The van der Waals surface area contributed by atoms with Gasteiger partial charge in [-0.15, -0.1) is 0 Å². The van der Waals surface area contributed by atoms with Gasteiger partial charge in [-0.25, -0.2) is 0 Å². The van der Waals surface area contributed by atoms with Crippen LogP contribution in [-0.4, -0.2) is 57.5 Å². The molecule has 0 aromatic heterocycles. The first kappa shape index (κ1) is 18.7. The van der Waals surface area contributed by atoms with Gasteiger partial charge in [0.25, 0.3) is 0 Å². The molecular weight excluding hydrogens is 257 g/mol. The maximum atomic E-state index is 11.8. The summed E-state index contributed by atoms with van der Waals surface area (Å²) in [6.45, 7) is 4.93. The molecule has 0 amide bonds. The highest BCUT2D eigenvalue weighted by Gasteiger charge is 2.27. The molecule has 1 N–H and O–H groups in total. The monoisotopic (exact) mass is 284 g/mol. The van der Waals surface area contributed by atoms with E-state index >= 15 is 0 Å². The van der Waals surface area contributed by atoms with Crippen molar-refractivity contribution in [2.45, 2.75) is 38.9 Å². The molecule has 0 heterocycles. The van der Waals surface area contributed by atoms with E-state index in [1.165, 1.54) is 0 Å². The van der Waals surface area contributed by atoms with Gasteiger partial charge in [0, 0.05) is 19.2 Å². The summed E-state index contributed by atoms with van der Waals surface area (Å²) < 4.78 is 40.1. The van der Waals surface area contributed by atoms with E-state index in [2.05, 4.69) is 28.8 Å². The van der Waals surface area contributed by atoms with Crippen molar-refractivity contribution in [2.75, 3.05) is 40.4 Å². The molecule has 0 saturated carbocycles. The second-order valence-electron chi connectivity index (χ2n) is 5.56. The third-order valence-corrected chi connectivity index (χ3v) is 2.51. The summed E-state index contributed by atoms with van der Waals surface area (Å²) in [5.74, 6) is 0.596. The van der Waals surface area contributed by atoms with Gasteiger partial charge >= 0.3 is 6.18 Å². The fraction of sp³-hybridized carbons (Fsp3) is 1.00. The third kappa shape index (κ3) is 13.9. The summed E-state index contributed by atoms with van der Waals surface area (Å²) in [5.41, 5.74) is 0. The largest absolute Gasteiger partial charge is 0.411 e. The van der Waals surface area contributed by atoms with E-state index < -0.39 is 12.8 Å². The lowest BCUT2D eigenvalue weighted by molar-refractivity contribution is -0.173. The maximum absolute atomic E-state index is 11.8. The number of hydrogen-bond donors (Lipinski definition) is 1. The van der Waals surface area contributed by atoms with Gasteiger partial charge in [0.1, 0.15) is 6.61 Å². The minimum atomic E-state index is -4.22. The highest BCUT2D eigenvalue weighted by Crippen LogP contribution is 2.14. The minimum Gasteiger partial charge on any atom is -0.372 e. The van der Waals surface area contributed by atoms with E-state index in [0.29, 0.717) is 24.9 Å². The number of rotatable bonds is 10. The minimum absolute atomic E-state index is 0.142. The van der Waals surface area contributed by atoms with Crippen molar-refractivity contribution in [3.8, 4) is 0 Å². The van der Waals surface area contributed by atoms with Crippen molar-refractivity contribution in [2.24, 2.45) is 5.92 Å². The lowest BCUT2D eigenvalue weighted by Crippen LogP contribution is -2.40. The zero-order valence-corrected chi connectivity index (χ0v) is 12.4. The molecule has 6 heteroatoms. The van der Waals surface area contributed by atoms with Gasteiger partial charge in [-0.05, 0) is 39.4 Å². The summed E-state index contributed by atoms with van der Waals surface area (Å²) in [6, 6.07) is 0.373.